The van der Waals surface area contributed by atoms with E-state index in [2.05, 4.69) is 6.07 Å². The van der Waals surface area contributed by atoms with E-state index < -0.39 is 0 Å². The number of hydrogen-bond acceptors (Lipinski definition) is 3. The average molecular weight is 245 g/mol. The lowest BCUT2D eigenvalue weighted by molar-refractivity contribution is 0.294. The zero-order chi connectivity index (χ0) is 13.4. The maximum absolute atomic E-state index is 8.64. The summed E-state index contributed by atoms with van der Waals surface area (Å²) in [5, 5.41) is 8.64. The molecule has 0 aliphatic heterocycles. The van der Waals surface area contributed by atoms with Gasteiger partial charge in [0.05, 0.1) is 19.8 Å². The Kier molecular flexibility index (Phi) is 5.79. The fourth-order valence-corrected chi connectivity index (χ4v) is 1.70. The standard InChI is InChI=1S/C15H19NO2/c1-4-18-15(12(2)6-5-11-16)13-7-9-14(17-3)10-8-13/h7-10H,4-6H2,1-3H3/b15-12-. The molecule has 0 saturated heterocycles. The van der Waals surface area contributed by atoms with Gasteiger partial charge < -0.3 is 9.47 Å². The molecular formula is C15H19NO2. The number of ether oxygens (including phenoxy) is 2. The zero-order valence-electron chi connectivity index (χ0n) is 11.2. The fraction of sp³-hybridized carbons (Fsp3) is 0.400. The maximum atomic E-state index is 8.64. The maximum Gasteiger partial charge on any atom is 0.125 e. The summed E-state index contributed by atoms with van der Waals surface area (Å²) in [6, 6.07) is 9.92. The number of nitrogens with zero attached hydrogens (tertiary/aromatic N) is 1. The van der Waals surface area contributed by atoms with Crippen LogP contribution in [0.25, 0.3) is 5.76 Å². The molecule has 0 N–H and O–H groups in total. The highest BCUT2D eigenvalue weighted by molar-refractivity contribution is 5.63. The van der Waals surface area contributed by atoms with Gasteiger partial charge in [0.15, 0.2) is 0 Å². The van der Waals surface area contributed by atoms with Crippen LogP contribution in [0.1, 0.15) is 32.3 Å². The lowest BCUT2D eigenvalue weighted by Crippen LogP contribution is -1.96. The first kappa shape index (κ1) is 14.1. The summed E-state index contributed by atoms with van der Waals surface area (Å²) < 4.78 is 10.8. The second-order valence-corrected chi connectivity index (χ2v) is 3.93. The van der Waals surface area contributed by atoms with Crippen molar-refractivity contribution in [3.05, 3.63) is 35.4 Å². The Morgan fingerprint density at radius 1 is 1.28 bits per heavy atom. The molecule has 0 radical (unpaired) electrons. The largest absolute Gasteiger partial charge is 0.497 e. The van der Waals surface area contributed by atoms with Crippen molar-refractivity contribution < 1.29 is 9.47 Å². The van der Waals surface area contributed by atoms with Crippen LogP contribution >= 0.6 is 0 Å². The van der Waals surface area contributed by atoms with Gasteiger partial charge in [0.1, 0.15) is 11.5 Å². The molecule has 0 spiro atoms. The molecule has 1 aromatic rings. The van der Waals surface area contributed by atoms with E-state index in [9.17, 15) is 0 Å². The molecule has 0 aliphatic rings. The van der Waals surface area contributed by atoms with Crippen LogP contribution in [0.2, 0.25) is 0 Å². The van der Waals surface area contributed by atoms with E-state index in [0.717, 1.165) is 29.1 Å². The molecule has 3 nitrogen and oxygen atoms in total. The van der Waals surface area contributed by atoms with E-state index >= 15 is 0 Å². The first-order valence-corrected chi connectivity index (χ1v) is 6.06. The van der Waals surface area contributed by atoms with Gasteiger partial charge in [-0.25, -0.2) is 0 Å². The van der Waals surface area contributed by atoms with Crippen LogP contribution < -0.4 is 4.74 Å². The highest BCUT2D eigenvalue weighted by atomic mass is 16.5. The highest BCUT2D eigenvalue weighted by Crippen LogP contribution is 2.24. The Morgan fingerprint density at radius 3 is 2.44 bits per heavy atom. The van der Waals surface area contributed by atoms with Crippen LogP contribution in [0.4, 0.5) is 0 Å². The second kappa shape index (κ2) is 7.39. The summed E-state index contributed by atoms with van der Waals surface area (Å²) in [5.41, 5.74) is 2.12. The molecule has 0 aliphatic carbocycles. The van der Waals surface area contributed by atoms with E-state index in [-0.39, 0.29) is 0 Å². The minimum Gasteiger partial charge on any atom is -0.497 e. The number of rotatable bonds is 6. The van der Waals surface area contributed by atoms with Crippen molar-refractivity contribution in [2.75, 3.05) is 13.7 Å². The number of nitriles is 1. The van der Waals surface area contributed by atoms with Crippen LogP contribution in [0, 0.1) is 11.3 Å². The van der Waals surface area contributed by atoms with Crippen molar-refractivity contribution in [2.45, 2.75) is 26.7 Å². The van der Waals surface area contributed by atoms with E-state index in [4.69, 9.17) is 14.7 Å². The molecule has 0 saturated carbocycles. The molecule has 1 rings (SSSR count). The molecule has 0 aromatic heterocycles. The Balaban J connectivity index is 2.99. The summed E-state index contributed by atoms with van der Waals surface area (Å²) in [5.74, 6) is 1.69. The van der Waals surface area contributed by atoms with Gasteiger partial charge >= 0.3 is 0 Å². The average Bonchev–Trinajstić information content (AvgIpc) is 2.42. The summed E-state index contributed by atoms with van der Waals surface area (Å²) in [6.45, 7) is 4.58. The summed E-state index contributed by atoms with van der Waals surface area (Å²) in [6.07, 6.45) is 1.25. The first-order chi connectivity index (χ1) is 8.72. The fourth-order valence-electron chi connectivity index (χ4n) is 1.70. The van der Waals surface area contributed by atoms with Gasteiger partial charge in [-0.05, 0) is 50.1 Å². The van der Waals surface area contributed by atoms with Gasteiger partial charge in [-0.2, -0.15) is 5.26 Å². The Morgan fingerprint density at radius 2 is 1.94 bits per heavy atom. The minimum atomic E-state index is 0.512. The van der Waals surface area contributed by atoms with Gasteiger partial charge in [-0.15, -0.1) is 0 Å². The molecule has 0 amide bonds. The Labute approximate surface area is 109 Å². The van der Waals surface area contributed by atoms with Gasteiger partial charge in [-0.3, -0.25) is 0 Å². The van der Waals surface area contributed by atoms with Crippen molar-refractivity contribution in [2.24, 2.45) is 0 Å². The van der Waals surface area contributed by atoms with E-state index in [0.29, 0.717) is 13.0 Å². The molecule has 0 bridgehead atoms. The summed E-state index contributed by atoms with van der Waals surface area (Å²) in [4.78, 5) is 0. The number of benzene rings is 1. The zero-order valence-corrected chi connectivity index (χ0v) is 11.2. The third-order valence-corrected chi connectivity index (χ3v) is 2.64. The third-order valence-electron chi connectivity index (χ3n) is 2.64. The lowest BCUT2D eigenvalue weighted by atomic mass is 10.1. The SMILES string of the molecule is CCO/C(=C(/C)CCC#N)c1ccc(OC)cc1. The lowest BCUT2D eigenvalue weighted by Gasteiger charge is -2.13. The molecule has 0 fully saturated rings. The monoisotopic (exact) mass is 245 g/mol. The molecule has 0 atom stereocenters. The Bertz CT molecular complexity index is 441. The highest BCUT2D eigenvalue weighted by Gasteiger charge is 2.07. The second-order valence-electron chi connectivity index (χ2n) is 3.93. The van der Waals surface area contributed by atoms with Crippen LogP contribution in [0.15, 0.2) is 29.8 Å². The molecule has 96 valence electrons. The summed E-state index contributed by atoms with van der Waals surface area (Å²) in [7, 11) is 1.65. The van der Waals surface area contributed by atoms with Gasteiger partial charge in [0.25, 0.3) is 0 Å². The van der Waals surface area contributed by atoms with Gasteiger partial charge in [0.2, 0.25) is 0 Å². The number of methoxy groups -OCH3 is 1. The van der Waals surface area contributed by atoms with Crippen molar-refractivity contribution >= 4 is 5.76 Å². The third kappa shape index (κ3) is 3.81. The number of allylic oxidation sites excluding steroid dienone is 1. The van der Waals surface area contributed by atoms with Gasteiger partial charge in [-0.1, -0.05) is 0 Å². The van der Waals surface area contributed by atoms with Crippen molar-refractivity contribution in [1.82, 2.24) is 0 Å². The topological polar surface area (TPSA) is 42.2 Å². The van der Waals surface area contributed by atoms with Crippen LogP contribution in [-0.4, -0.2) is 13.7 Å². The Hall–Kier alpha value is -1.95. The van der Waals surface area contributed by atoms with Crippen LogP contribution in [-0.2, 0) is 4.74 Å². The molecule has 0 unspecified atom stereocenters. The summed E-state index contributed by atoms with van der Waals surface area (Å²) >= 11 is 0. The smallest absolute Gasteiger partial charge is 0.125 e. The number of hydrogen-bond donors (Lipinski definition) is 0. The van der Waals surface area contributed by atoms with Crippen LogP contribution in [0.3, 0.4) is 0 Å². The predicted molar refractivity (Wildman–Crippen MR) is 72.1 cm³/mol. The molecule has 0 heterocycles. The molecular weight excluding hydrogens is 226 g/mol. The predicted octanol–water partition coefficient (Wildman–Crippen LogP) is 3.77. The molecule has 18 heavy (non-hydrogen) atoms. The van der Waals surface area contributed by atoms with E-state index in [1.165, 1.54) is 0 Å². The normalized spacial score (nSPS) is 11.4. The van der Waals surface area contributed by atoms with Crippen molar-refractivity contribution in [3.63, 3.8) is 0 Å². The van der Waals surface area contributed by atoms with Gasteiger partial charge in [0, 0.05) is 12.0 Å². The first-order valence-electron chi connectivity index (χ1n) is 6.06. The quantitative estimate of drug-likeness (QED) is 0.716. The van der Waals surface area contributed by atoms with Crippen LogP contribution in [0.5, 0.6) is 5.75 Å². The van der Waals surface area contributed by atoms with Crippen molar-refractivity contribution in [1.29, 1.82) is 5.26 Å². The minimum absolute atomic E-state index is 0.512. The van der Waals surface area contributed by atoms with E-state index in [1.807, 2.05) is 38.1 Å². The van der Waals surface area contributed by atoms with E-state index in [1.54, 1.807) is 7.11 Å². The molecule has 3 heteroatoms. The van der Waals surface area contributed by atoms with Crippen molar-refractivity contribution in [3.8, 4) is 11.8 Å². The molecule has 1 aromatic carbocycles.